The lowest BCUT2D eigenvalue weighted by Crippen LogP contribution is -2.39. The molecule has 1 saturated heterocycles. The summed E-state index contributed by atoms with van der Waals surface area (Å²) in [6, 6.07) is 8.86. The average molecular weight is 235 g/mol. The van der Waals surface area contributed by atoms with Crippen molar-refractivity contribution in [3.8, 4) is 0 Å². The molecule has 1 aliphatic heterocycles. The fraction of sp³-hybridized carbons (Fsp3) is 0.571. The molecule has 3 heteroatoms. The van der Waals surface area contributed by atoms with Crippen LogP contribution in [0.3, 0.4) is 0 Å². The van der Waals surface area contributed by atoms with E-state index in [1.807, 2.05) is 0 Å². The minimum atomic E-state index is 0.183. The van der Waals surface area contributed by atoms with E-state index in [0.717, 1.165) is 19.4 Å². The van der Waals surface area contributed by atoms with Crippen molar-refractivity contribution in [2.75, 3.05) is 13.2 Å². The molecule has 1 fully saturated rings. The van der Waals surface area contributed by atoms with E-state index in [-0.39, 0.29) is 25.3 Å². The van der Waals surface area contributed by atoms with Crippen LogP contribution in [0, 0.1) is 6.92 Å². The van der Waals surface area contributed by atoms with Crippen LogP contribution in [0.1, 0.15) is 24.0 Å². The van der Waals surface area contributed by atoms with Crippen molar-refractivity contribution in [3.63, 3.8) is 0 Å². The van der Waals surface area contributed by atoms with E-state index in [1.54, 1.807) is 0 Å². The monoisotopic (exact) mass is 235 g/mol. The molecule has 2 N–H and O–H groups in total. The lowest BCUT2D eigenvalue weighted by molar-refractivity contribution is 0.0903. The van der Waals surface area contributed by atoms with Gasteiger partial charge in [0.05, 0.1) is 13.2 Å². The van der Waals surface area contributed by atoms with Crippen LogP contribution >= 0.6 is 0 Å². The van der Waals surface area contributed by atoms with Crippen molar-refractivity contribution in [2.24, 2.45) is 0 Å². The fourth-order valence-electron chi connectivity index (χ4n) is 2.57. The molecule has 0 bridgehead atoms. The number of likely N-dealkylation sites (tertiary alicyclic amines) is 1. The van der Waals surface area contributed by atoms with Gasteiger partial charge in [-0.15, -0.1) is 0 Å². The molecule has 0 radical (unpaired) electrons. The molecule has 1 aliphatic rings. The highest BCUT2D eigenvalue weighted by atomic mass is 16.3. The third-order valence-corrected chi connectivity index (χ3v) is 3.68. The SMILES string of the molecule is Cc1ccc(CN2[C@H](CO)CC[C@@H]2CO)cc1. The van der Waals surface area contributed by atoms with Gasteiger partial charge in [-0.05, 0) is 25.3 Å². The van der Waals surface area contributed by atoms with Crippen LogP contribution < -0.4 is 0 Å². The maximum Gasteiger partial charge on any atom is 0.0587 e. The normalized spacial score (nSPS) is 25.4. The maximum absolute atomic E-state index is 9.35. The summed E-state index contributed by atoms with van der Waals surface area (Å²) in [6.45, 7) is 3.26. The van der Waals surface area contributed by atoms with Crippen molar-refractivity contribution in [1.82, 2.24) is 4.90 Å². The number of hydrogen-bond donors (Lipinski definition) is 2. The van der Waals surface area contributed by atoms with Gasteiger partial charge in [-0.3, -0.25) is 4.90 Å². The van der Waals surface area contributed by atoms with Crippen molar-refractivity contribution in [1.29, 1.82) is 0 Å². The summed E-state index contributed by atoms with van der Waals surface area (Å²) >= 11 is 0. The van der Waals surface area contributed by atoms with Gasteiger partial charge in [0.2, 0.25) is 0 Å². The lowest BCUT2D eigenvalue weighted by Gasteiger charge is -2.28. The molecule has 17 heavy (non-hydrogen) atoms. The second-order valence-corrected chi connectivity index (χ2v) is 4.91. The second-order valence-electron chi connectivity index (χ2n) is 4.91. The van der Waals surface area contributed by atoms with Crippen LogP contribution in [-0.4, -0.2) is 40.4 Å². The molecule has 1 aromatic carbocycles. The Hall–Kier alpha value is -0.900. The molecular weight excluding hydrogens is 214 g/mol. The van der Waals surface area contributed by atoms with Gasteiger partial charge in [0.25, 0.3) is 0 Å². The summed E-state index contributed by atoms with van der Waals surface area (Å²) in [4.78, 5) is 2.23. The molecule has 0 aliphatic carbocycles. The molecule has 0 aromatic heterocycles. The zero-order valence-corrected chi connectivity index (χ0v) is 10.3. The topological polar surface area (TPSA) is 43.7 Å². The fourth-order valence-corrected chi connectivity index (χ4v) is 2.57. The molecule has 1 aromatic rings. The van der Waals surface area contributed by atoms with Gasteiger partial charge in [-0.25, -0.2) is 0 Å². The highest BCUT2D eigenvalue weighted by Gasteiger charge is 2.32. The van der Waals surface area contributed by atoms with Crippen LogP contribution in [0.15, 0.2) is 24.3 Å². The summed E-state index contributed by atoms with van der Waals surface area (Å²) in [5.74, 6) is 0. The van der Waals surface area contributed by atoms with Crippen LogP contribution in [0.2, 0.25) is 0 Å². The number of nitrogens with zero attached hydrogens (tertiary/aromatic N) is 1. The van der Waals surface area contributed by atoms with Gasteiger partial charge < -0.3 is 10.2 Å². The predicted molar refractivity (Wildman–Crippen MR) is 67.7 cm³/mol. The summed E-state index contributed by atoms with van der Waals surface area (Å²) < 4.78 is 0. The molecule has 0 saturated carbocycles. The lowest BCUT2D eigenvalue weighted by atomic mass is 10.1. The minimum absolute atomic E-state index is 0.183. The first kappa shape index (κ1) is 12.6. The Kier molecular flexibility index (Phi) is 4.15. The van der Waals surface area contributed by atoms with Gasteiger partial charge in [-0.2, -0.15) is 0 Å². The van der Waals surface area contributed by atoms with E-state index in [4.69, 9.17) is 0 Å². The average Bonchev–Trinajstić information content (AvgIpc) is 2.74. The number of aliphatic hydroxyl groups is 2. The van der Waals surface area contributed by atoms with Crippen molar-refractivity contribution < 1.29 is 10.2 Å². The molecule has 1 heterocycles. The van der Waals surface area contributed by atoms with Crippen LogP contribution in [-0.2, 0) is 6.54 Å². The zero-order valence-electron chi connectivity index (χ0n) is 10.3. The molecule has 3 nitrogen and oxygen atoms in total. The second kappa shape index (κ2) is 5.63. The third-order valence-electron chi connectivity index (χ3n) is 3.68. The van der Waals surface area contributed by atoms with E-state index < -0.39 is 0 Å². The van der Waals surface area contributed by atoms with Gasteiger partial charge in [0.15, 0.2) is 0 Å². The highest BCUT2D eigenvalue weighted by molar-refractivity contribution is 5.21. The molecule has 0 amide bonds. The molecule has 0 unspecified atom stereocenters. The first-order chi connectivity index (χ1) is 8.24. The summed E-state index contributed by atoms with van der Waals surface area (Å²) in [7, 11) is 0. The van der Waals surface area contributed by atoms with Gasteiger partial charge in [-0.1, -0.05) is 29.8 Å². The zero-order chi connectivity index (χ0) is 12.3. The van der Waals surface area contributed by atoms with Crippen molar-refractivity contribution >= 4 is 0 Å². The van der Waals surface area contributed by atoms with Crippen LogP contribution in [0.4, 0.5) is 0 Å². The largest absolute Gasteiger partial charge is 0.395 e. The Morgan fingerprint density at radius 2 is 1.59 bits per heavy atom. The quantitative estimate of drug-likeness (QED) is 0.827. The first-order valence-electron chi connectivity index (χ1n) is 6.27. The van der Waals surface area contributed by atoms with E-state index in [2.05, 4.69) is 36.1 Å². The number of benzene rings is 1. The van der Waals surface area contributed by atoms with E-state index in [1.165, 1.54) is 11.1 Å². The highest BCUT2D eigenvalue weighted by Crippen LogP contribution is 2.25. The molecule has 94 valence electrons. The number of aryl methyl sites for hydroxylation is 1. The summed E-state index contributed by atoms with van der Waals surface area (Å²) in [6.07, 6.45) is 1.96. The maximum atomic E-state index is 9.35. The van der Waals surface area contributed by atoms with Gasteiger partial charge in [0.1, 0.15) is 0 Å². The Labute approximate surface area is 103 Å². The van der Waals surface area contributed by atoms with E-state index in [0.29, 0.717) is 0 Å². The Morgan fingerprint density at radius 3 is 2.06 bits per heavy atom. The van der Waals surface area contributed by atoms with Gasteiger partial charge in [0, 0.05) is 18.6 Å². The first-order valence-corrected chi connectivity index (χ1v) is 6.27. The number of aliphatic hydroxyl groups excluding tert-OH is 2. The Morgan fingerprint density at radius 1 is 1.06 bits per heavy atom. The van der Waals surface area contributed by atoms with E-state index in [9.17, 15) is 10.2 Å². The van der Waals surface area contributed by atoms with Crippen LogP contribution in [0.5, 0.6) is 0 Å². The van der Waals surface area contributed by atoms with Crippen molar-refractivity contribution in [2.45, 2.75) is 38.4 Å². The minimum Gasteiger partial charge on any atom is -0.395 e. The van der Waals surface area contributed by atoms with Crippen LogP contribution in [0.25, 0.3) is 0 Å². The Balaban J connectivity index is 2.07. The molecule has 2 rings (SSSR count). The summed E-state index contributed by atoms with van der Waals surface area (Å²) in [5.41, 5.74) is 2.50. The smallest absolute Gasteiger partial charge is 0.0587 e. The summed E-state index contributed by atoms with van der Waals surface area (Å²) in [5, 5.41) is 18.7. The third kappa shape index (κ3) is 2.86. The standard InChI is InChI=1S/C14H21NO2/c1-11-2-4-12(5-3-11)8-15-13(9-16)6-7-14(15)10-17/h2-5,13-14,16-17H,6-10H2,1H3/t13-,14+. The Bertz CT molecular complexity index is 338. The van der Waals surface area contributed by atoms with Crippen molar-refractivity contribution in [3.05, 3.63) is 35.4 Å². The molecule has 2 atom stereocenters. The van der Waals surface area contributed by atoms with Gasteiger partial charge >= 0.3 is 0 Å². The molecular formula is C14H21NO2. The van der Waals surface area contributed by atoms with E-state index >= 15 is 0 Å². The predicted octanol–water partition coefficient (Wildman–Crippen LogP) is 1.31. The number of hydrogen-bond acceptors (Lipinski definition) is 3. The molecule has 0 spiro atoms. The number of rotatable bonds is 4.